The summed E-state index contributed by atoms with van der Waals surface area (Å²) in [5, 5.41) is 0. The summed E-state index contributed by atoms with van der Waals surface area (Å²) in [5.41, 5.74) is 4.41. The minimum Gasteiger partial charge on any atom is -0.330 e. The average Bonchev–Trinajstić information content (AvgIpc) is 2.79. The second-order valence-electron chi connectivity index (χ2n) is 3.51. The van der Waals surface area contributed by atoms with Gasteiger partial charge in [0.15, 0.2) is 0 Å². The van der Waals surface area contributed by atoms with E-state index in [1.807, 2.05) is 0 Å². The lowest BCUT2D eigenvalue weighted by Crippen LogP contribution is -2.10. The van der Waals surface area contributed by atoms with Gasteiger partial charge in [0.1, 0.15) is 11.5 Å². The quantitative estimate of drug-likeness (QED) is 0.812. The monoisotopic (exact) mass is 219 g/mol. The molecule has 4 heteroatoms. The van der Waals surface area contributed by atoms with Crippen molar-refractivity contribution < 1.29 is 8.78 Å². The van der Waals surface area contributed by atoms with E-state index in [1.54, 1.807) is 6.07 Å². The van der Waals surface area contributed by atoms with Gasteiger partial charge in [0, 0.05) is 5.92 Å². The Morgan fingerprint density at radius 2 is 2.21 bits per heavy atom. The van der Waals surface area contributed by atoms with E-state index in [1.165, 1.54) is 18.2 Å². The maximum absolute atomic E-state index is 13.8. The molecule has 0 aliphatic heterocycles. The molecule has 2 rings (SSSR count). The van der Waals surface area contributed by atoms with Crippen LogP contribution >= 0.6 is 12.4 Å². The molecule has 0 heterocycles. The number of halogens is 3. The fraction of sp³-hybridized carbons (Fsp3) is 0.400. The van der Waals surface area contributed by atoms with Gasteiger partial charge >= 0.3 is 0 Å². The molecule has 2 N–H and O–H groups in total. The minimum atomic E-state index is -1.36. The highest BCUT2D eigenvalue weighted by atomic mass is 35.5. The summed E-state index contributed by atoms with van der Waals surface area (Å²) in [5.74, 6) is -0.522. The van der Waals surface area contributed by atoms with E-state index in [0.29, 0.717) is 18.5 Å². The fourth-order valence-electron chi connectivity index (χ4n) is 1.67. The number of hydrogen-bond acceptors (Lipinski definition) is 1. The molecule has 1 saturated carbocycles. The van der Waals surface area contributed by atoms with Gasteiger partial charge in [0.2, 0.25) is 0 Å². The third-order valence-corrected chi connectivity index (χ3v) is 2.62. The topological polar surface area (TPSA) is 26.0 Å². The third-order valence-electron chi connectivity index (χ3n) is 2.62. The Kier molecular flexibility index (Phi) is 3.12. The van der Waals surface area contributed by atoms with E-state index in [4.69, 9.17) is 5.73 Å². The maximum atomic E-state index is 13.8. The van der Waals surface area contributed by atoms with Gasteiger partial charge in [0.25, 0.3) is 0 Å². The lowest BCUT2D eigenvalue weighted by Gasteiger charge is -2.06. The van der Waals surface area contributed by atoms with Crippen molar-refractivity contribution in [1.29, 1.82) is 0 Å². The minimum absolute atomic E-state index is 0. The molecule has 78 valence electrons. The van der Waals surface area contributed by atoms with Gasteiger partial charge in [-0.15, -0.1) is 12.4 Å². The SMILES string of the molecule is Cl.NC[C@H]1C[C@]1(F)c1cccc(F)c1. The molecule has 0 bridgehead atoms. The highest BCUT2D eigenvalue weighted by molar-refractivity contribution is 5.85. The van der Waals surface area contributed by atoms with Gasteiger partial charge in [0.05, 0.1) is 0 Å². The summed E-state index contributed by atoms with van der Waals surface area (Å²) < 4.78 is 26.6. The van der Waals surface area contributed by atoms with E-state index in [0.717, 1.165) is 0 Å². The number of benzene rings is 1. The molecule has 0 aromatic heterocycles. The van der Waals surface area contributed by atoms with Gasteiger partial charge in [-0.25, -0.2) is 8.78 Å². The molecular formula is C10H12ClF2N. The highest BCUT2D eigenvalue weighted by Crippen LogP contribution is 2.54. The Bertz CT molecular complexity index is 332. The van der Waals surface area contributed by atoms with Crippen LogP contribution in [0.1, 0.15) is 12.0 Å². The van der Waals surface area contributed by atoms with Crippen LogP contribution in [-0.4, -0.2) is 6.54 Å². The fourth-order valence-corrected chi connectivity index (χ4v) is 1.67. The van der Waals surface area contributed by atoms with Gasteiger partial charge in [-0.2, -0.15) is 0 Å². The van der Waals surface area contributed by atoms with Crippen molar-refractivity contribution in [2.45, 2.75) is 12.1 Å². The van der Waals surface area contributed by atoms with Crippen molar-refractivity contribution in [3.63, 3.8) is 0 Å². The van der Waals surface area contributed by atoms with Crippen LogP contribution in [0, 0.1) is 11.7 Å². The van der Waals surface area contributed by atoms with Crippen LogP contribution in [0.2, 0.25) is 0 Å². The largest absolute Gasteiger partial charge is 0.330 e. The number of rotatable bonds is 2. The first-order valence-corrected chi connectivity index (χ1v) is 4.32. The number of alkyl halides is 1. The van der Waals surface area contributed by atoms with Crippen LogP contribution in [0.5, 0.6) is 0 Å². The first-order valence-electron chi connectivity index (χ1n) is 4.32. The summed E-state index contributed by atoms with van der Waals surface area (Å²) >= 11 is 0. The number of hydrogen-bond donors (Lipinski definition) is 1. The zero-order valence-electron chi connectivity index (χ0n) is 7.54. The Labute approximate surface area is 87.7 Å². The predicted molar refractivity (Wildman–Crippen MR) is 53.6 cm³/mol. The van der Waals surface area contributed by atoms with E-state index < -0.39 is 11.5 Å². The van der Waals surface area contributed by atoms with Crippen LogP contribution < -0.4 is 5.73 Å². The normalized spacial score (nSPS) is 29.5. The van der Waals surface area contributed by atoms with Crippen LogP contribution in [0.4, 0.5) is 8.78 Å². The van der Waals surface area contributed by atoms with Crippen molar-refractivity contribution in [3.05, 3.63) is 35.6 Å². The first kappa shape index (κ1) is 11.4. The van der Waals surface area contributed by atoms with E-state index >= 15 is 0 Å². The van der Waals surface area contributed by atoms with Gasteiger partial charge in [-0.05, 0) is 30.7 Å². The Hall–Kier alpha value is -0.670. The van der Waals surface area contributed by atoms with Crippen molar-refractivity contribution in [1.82, 2.24) is 0 Å². The Balaban J connectivity index is 0.000000980. The maximum Gasteiger partial charge on any atom is 0.140 e. The van der Waals surface area contributed by atoms with E-state index in [2.05, 4.69) is 0 Å². The van der Waals surface area contributed by atoms with Crippen molar-refractivity contribution in [2.24, 2.45) is 11.7 Å². The molecule has 0 amide bonds. The van der Waals surface area contributed by atoms with E-state index in [9.17, 15) is 8.78 Å². The predicted octanol–water partition coefficient (Wildman–Crippen LogP) is 2.39. The van der Waals surface area contributed by atoms with Crippen LogP contribution in [-0.2, 0) is 5.67 Å². The molecule has 0 radical (unpaired) electrons. The summed E-state index contributed by atoms with van der Waals surface area (Å²) in [7, 11) is 0. The van der Waals surface area contributed by atoms with Gasteiger partial charge < -0.3 is 5.73 Å². The van der Waals surface area contributed by atoms with Crippen LogP contribution in [0.3, 0.4) is 0 Å². The standard InChI is InChI=1S/C10H11F2N.ClH/c11-9-3-1-2-7(4-9)10(12)5-8(10)6-13;/h1-4,8H,5-6,13H2;1H/t8-,10+;/m1./s1. The average molecular weight is 220 g/mol. The second kappa shape index (κ2) is 3.83. The molecular weight excluding hydrogens is 208 g/mol. The lowest BCUT2D eigenvalue weighted by atomic mass is 10.1. The molecule has 14 heavy (non-hydrogen) atoms. The second-order valence-corrected chi connectivity index (χ2v) is 3.51. The van der Waals surface area contributed by atoms with Crippen molar-refractivity contribution in [2.75, 3.05) is 6.54 Å². The van der Waals surface area contributed by atoms with Crippen molar-refractivity contribution >= 4 is 12.4 Å². The number of nitrogens with two attached hydrogens (primary N) is 1. The molecule has 0 saturated heterocycles. The summed E-state index contributed by atoms with van der Waals surface area (Å²) in [6, 6.07) is 5.69. The first-order chi connectivity index (χ1) is 6.16. The molecule has 1 aromatic carbocycles. The van der Waals surface area contributed by atoms with Gasteiger partial charge in [-0.3, -0.25) is 0 Å². The molecule has 1 aromatic rings. The highest BCUT2D eigenvalue weighted by Gasteiger charge is 2.55. The Morgan fingerprint density at radius 1 is 1.50 bits per heavy atom. The molecule has 1 aliphatic rings. The zero-order valence-corrected chi connectivity index (χ0v) is 8.36. The smallest absolute Gasteiger partial charge is 0.140 e. The van der Waals surface area contributed by atoms with Crippen LogP contribution in [0.25, 0.3) is 0 Å². The molecule has 2 atom stereocenters. The molecule has 1 nitrogen and oxygen atoms in total. The summed E-state index contributed by atoms with van der Waals surface area (Å²) in [4.78, 5) is 0. The van der Waals surface area contributed by atoms with Gasteiger partial charge in [-0.1, -0.05) is 12.1 Å². The molecule has 0 spiro atoms. The van der Waals surface area contributed by atoms with E-state index in [-0.39, 0.29) is 18.3 Å². The summed E-state index contributed by atoms with van der Waals surface area (Å²) in [6.45, 7) is 0.326. The zero-order chi connectivity index (χ0) is 9.47. The molecule has 1 fully saturated rings. The third kappa shape index (κ3) is 1.74. The Morgan fingerprint density at radius 3 is 2.71 bits per heavy atom. The lowest BCUT2D eigenvalue weighted by molar-refractivity contribution is 0.287. The molecule has 0 unspecified atom stereocenters. The van der Waals surface area contributed by atoms with Crippen LogP contribution in [0.15, 0.2) is 24.3 Å². The molecule has 1 aliphatic carbocycles. The van der Waals surface area contributed by atoms with Crippen molar-refractivity contribution in [3.8, 4) is 0 Å². The summed E-state index contributed by atoms with van der Waals surface area (Å²) in [6.07, 6.45) is 0.424.